The quantitative estimate of drug-likeness (QED) is 0.879. The van der Waals surface area contributed by atoms with Crippen molar-refractivity contribution in [3.05, 3.63) is 51.7 Å². The number of hydrogen-bond donors (Lipinski definition) is 1. The van der Waals surface area contributed by atoms with Crippen molar-refractivity contribution in [2.24, 2.45) is 5.73 Å². The molecule has 0 bridgehead atoms. The average molecular weight is 247 g/mol. The highest BCUT2D eigenvalue weighted by molar-refractivity contribution is 7.11. The van der Waals surface area contributed by atoms with Crippen molar-refractivity contribution >= 4 is 11.3 Å². The van der Waals surface area contributed by atoms with E-state index in [2.05, 4.69) is 19.1 Å². The minimum Gasteiger partial charge on any atom is -0.488 e. The molecule has 0 saturated carbocycles. The van der Waals surface area contributed by atoms with Crippen molar-refractivity contribution in [3.63, 3.8) is 0 Å². The standard InChI is InChI=1S/C14H17NOS/c1-2-13-6-7-14(17-13)10-16-12-5-3-4-11(8-12)9-15/h3-8H,2,9-10,15H2,1H3. The molecule has 0 spiro atoms. The third-order valence-electron chi connectivity index (χ3n) is 2.58. The van der Waals surface area contributed by atoms with E-state index in [9.17, 15) is 0 Å². The summed E-state index contributed by atoms with van der Waals surface area (Å²) in [6, 6.07) is 12.2. The van der Waals surface area contributed by atoms with Crippen LogP contribution < -0.4 is 10.5 Å². The van der Waals surface area contributed by atoms with Gasteiger partial charge in [0.05, 0.1) is 0 Å². The molecule has 2 N–H and O–H groups in total. The number of nitrogens with two attached hydrogens (primary N) is 1. The molecule has 0 aliphatic heterocycles. The van der Waals surface area contributed by atoms with Crippen LogP contribution in [0.25, 0.3) is 0 Å². The second-order valence-electron chi connectivity index (χ2n) is 3.86. The molecule has 0 amide bonds. The molecule has 0 unspecified atom stereocenters. The van der Waals surface area contributed by atoms with Crippen molar-refractivity contribution < 1.29 is 4.74 Å². The summed E-state index contributed by atoms with van der Waals surface area (Å²) in [5.74, 6) is 0.888. The van der Waals surface area contributed by atoms with Crippen LogP contribution in [-0.4, -0.2) is 0 Å². The van der Waals surface area contributed by atoms with Crippen molar-refractivity contribution in [2.75, 3.05) is 0 Å². The van der Waals surface area contributed by atoms with Crippen LogP contribution in [0.15, 0.2) is 36.4 Å². The van der Waals surface area contributed by atoms with Crippen LogP contribution in [0.3, 0.4) is 0 Å². The molecule has 3 heteroatoms. The molecule has 0 saturated heterocycles. The molecular formula is C14H17NOS. The molecule has 0 atom stereocenters. The predicted molar refractivity (Wildman–Crippen MR) is 72.4 cm³/mol. The molecule has 17 heavy (non-hydrogen) atoms. The van der Waals surface area contributed by atoms with Crippen LogP contribution in [0.2, 0.25) is 0 Å². The van der Waals surface area contributed by atoms with Gasteiger partial charge in [-0.05, 0) is 36.2 Å². The van der Waals surface area contributed by atoms with Crippen molar-refractivity contribution in [2.45, 2.75) is 26.5 Å². The van der Waals surface area contributed by atoms with Gasteiger partial charge in [0.15, 0.2) is 0 Å². The lowest BCUT2D eigenvalue weighted by molar-refractivity contribution is 0.309. The SMILES string of the molecule is CCc1ccc(COc2cccc(CN)c2)s1. The summed E-state index contributed by atoms with van der Waals surface area (Å²) in [6.07, 6.45) is 1.09. The van der Waals surface area contributed by atoms with Gasteiger partial charge in [0.2, 0.25) is 0 Å². The van der Waals surface area contributed by atoms with Gasteiger partial charge >= 0.3 is 0 Å². The molecule has 0 fully saturated rings. The number of thiophene rings is 1. The summed E-state index contributed by atoms with van der Waals surface area (Å²) in [6.45, 7) is 3.36. The van der Waals surface area contributed by atoms with Crippen LogP contribution in [0, 0.1) is 0 Å². The van der Waals surface area contributed by atoms with Crippen LogP contribution in [0.5, 0.6) is 5.75 Å². The Bertz CT molecular complexity index is 479. The van der Waals surface area contributed by atoms with Gasteiger partial charge in [0.25, 0.3) is 0 Å². The first-order valence-electron chi connectivity index (χ1n) is 5.81. The maximum Gasteiger partial charge on any atom is 0.122 e. The highest BCUT2D eigenvalue weighted by Gasteiger charge is 2.00. The van der Waals surface area contributed by atoms with E-state index in [1.165, 1.54) is 9.75 Å². The Morgan fingerprint density at radius 2 is 2.00 bits per heavy atom. The normalized spacial score (nSPS) is 10.5. The van der Waals surface area contributed by atoms with Crippen LogP contribution in [0.1, 0.15) is 22.2 Å². The molecule has 2 nitrogen and oxygen atoms in total. The summed E-state index contributed by atoms with van der Waals surface area (Å²) >= 11 is 1.81. The van der Waals surface area contributed by atoms with Gasteiger partial charge in [0, 0.05) is 16.3 Å². The lowest BCUT2D eigenvalue weighted by Gasteiger charge is -2.05. The topological polar surface area (TPSA) is 35.2 Å². The zero-order valence-electron chi connectivity index (χ0n) is 9.98. The summed E-state index contributed by atoms with van der Waals surface area (Å²) in [4.78, 5) is 2.67. The minimum atomic E-state index is 0.552. The maximum atomic E-state index is 5.75. The van der Waals surface area contributed by atoms with E-state index >= 15 is 0 Å². The smallest absolute Gasteiger partial charge is 0.122 e. The Morgan fingerprint density at radius 1 is 1.18 bits per heavy atom. The van der Waals surface area contributed by atoms with Crippen molar-refractivity contribution in [1.29, 1.82) is 0 Å². The lowest BCUT2D eigenvalue weighted by atomic mass is 10.2. The molecule has 1 heterocycles. The highest BCUT2D eigenvalue weighted by Crippen LogP contribution is 2.20. The van der Waals surface area contributed by atoms with Crippen LogP contribution in [0.4, 0.5) is 0 Å². The third-order valence-corrected chi connectivity index (χ3v) is 3.78. The highest BCUT2D eigenvalue weighted by atomic mass is 32.1. The lowest BCUT2D eigenvalue weighted by Crippen LogP contribution is -1.97. The van der Waals surface area contributed by atoms with Gasteiger partial charge in [-0.25, -0.2) is 0 Å². The molecule has 90 valence electrons. The van der Waals surface area contributed by atoms with E-state index in [0.717, 1.165) is 17.7 Å². The van der Waals surface area contributed by atoms with E-state index in [1.807, 2.05) is 35.6 Å². The fraction of sp³-hybridized carbons (Fsp3) is 0.286. The van der Waals surface area contributed by atoms with Crippen molar-refractivity contribution in [1.82, 2.24) is 0 Å². The number of benzene rings is 1. The third kappa shape index (κ3) is 3.32. The van der Waals surface area contributed by atoms with Crippen LogP contribution in [-0.2, 0) is 19.6 Å². The van der Waals surface area contributed by atoms with Gasteiger partial charge < -0.3 is 10.5 Å². The Balaban J connectivity index is 1.96. The Hall–Kier alpha value is -1.32. The zero-order valence-corrected chi connectivity index (χ0v) is 10.8. The molecule has 0 aliphatic carbocycles. The van der Waals surface area contributed by atoms with E-state index in [0.29, 0.717) is 13.2 Å². The second kappa shape index (κ2) is 5.84. The fourth-order valence-electron chi connectivity index (χ4n) is 1.61. The summed E-state index contributed by atoms with van der Waals surface area (Å²) < 4.78 is 5.75. The fourth-order valence-corrected chi connectivity index (χ4v) is 2.48. The molecule has 2 rings (SSSR count). The summed E-state index contributed by atoms with van der Waals surface area (Å²) in [5.41, 5.74) is 6.69. The molecular weight excluding hydrogens is 230 g/mol. The van der Waals surface area contributed by atoms with Gasteiger partial charge in [0.1, 0.15) is 12.4 Å². The largest absolute Gasteiger partial charge is 0.488 e. The average Bonchev–Trinajstić information content (AvgIpc) is 2.84. The number of ether oxygens (including phenoxy) is 1. The van der Waals surface area contributed by atoms with E-state index in [-0.39, 0.29) is 0 Å². The van der Waals surface area contributed by atoms with E-state index in [1.54, 1.807) is 0 Å². The van der Waals surface area contributed by atoms with Gasteiger partial charge in [-0.1, -0.05) is 19.1 Å². The van der Waals surface area contributed by atoms with E-state index in [4.69, 9.17) is 10.5 Å². The first-order valence-corrected chi connectivity index (χ1v) is 6.63. The number of rotatable bonds is 5. The predicted octanol–water partition coefficient (Wildman–Crippen LogP) is 3.35. The Morgan fingerprint density at radius 3 is 2.71 bits per heavy atom. The maximum absolute atomic E-state index is 5.75. The number of aryl methyl sites for hydroxylation is 1. The van der Waals surface area contributed by atoms with E-state index < -0.39 is 0 Å². The monoisotopic (exact) mass is 247 g/mol. The molecule has 1 aromatic carbocycles. The Labute approximate surface area is 106 Å². The van der Waals surface area contributed by atoms with Gasteiger partial charge in [-0.2, -0.15) is 0 Å². The van der Waals surface area contributed by atoms with Gasteiger partial charge in [-0.3, -0.25) is 0 Å². The molecule has 2 aromatic rings. The van der Waals surface area contributed by atoms with Gasteiger partial charge in [-0.15, -0.1) is 11.3 Å². The zero-order chi connectivity index (χ0) is 12.1. The Kier molecular flexibility index (Phi) is 4.18. The summed E-state index contributed by atoms with van der Waals surface area (Å²) in [7, 11) is 0. The van der Waals surface area contributed by atoms with Crippen LogP contribution >= 0.6 is 11.3 Å². The van der Waals surface area contributed by atoms with Crippen molar-refractivity contribution in [3.8, 4) is 5.75 Å². The first kappa shape index (κ1) is 12.1. The minimum absolute atomic E-state index is 0.552. The molecule has 0 aliphatic rings. The molecule has 0 radical (unpaired) electrons. The molecule has 1 aromatic heterocycles. The second-order valence-corrected chi connectivity index (χ2v) is 5.11. The number of hydrogen-bond acceptors (Lipinski definition) is 3. The first-order chi connectivity index (χ1) is 8.31. The summed E-state index contributed by atoms with van der Waals surface area (Å²) in [5, 5.41) is 0.